The maximum atomic E-state index is 12.7. The van der Waals surface area contributed by atoms with Crippen molar-refractivity contribution in [2.24, 2.45) is 0 Å². The lowest BCUT2D eigenvalue weighted by Gasteiger charge is -2.12. The molecule has 0 saturated carbocycles. The molecule has 0 aliphatic carbocycles. The summed E-state index contributed by atoms with van der Waals surface area (Å²) < 4.78 is 42.8. The highest BCUT2D eigenvalue weighted by molar-refractivity contribution is 7.80. The number of benzene rings is 2. The lowest BCUT2D eigenvalue weighted by Crippen LogP contribution is -2.36. The molecule has 2 aromatic carbocycles. The molecule has 0 saturated heterocycles. The Labute approximate surface area is 154 Å². The number of nitrogens with one attached hydrogen (secondary N) is 2. The summed E-state index contributed by atoms with van der Waals surface area (Å²) in [7, 11) is 0. The van der Waals surface area contributed by atoms with Crippen LogP contribution < -0.4 is 14.9 Å². The molecule has 8 heteroatoms. The minimum atomic E-state index is -4.34. The summed E-state index contributed by atoms with van der Waals surface area (Å²) in [5.41, 5.74) is 0.772. The Kier molecular flexibility index (Phi) is 6.90. The summed E-state index contributed by atoms with van der Waals surface area (Å²) in [6, 6.07) is 12.5. The molecule has 0 aromatic heterocycles. The predicted molar refractivity (Wildman–Crippen MR) is 95.5 cm³/mol. The van der Waals surface area contributed by atoms with Gasteiger partial charge >= 0.3 is 6.18 Å². The second-order valence-electron chi connectivity index (χ2n) is 5.24. The van der Waals surface area contributed by atoms with Gasteiger partial charge in [0.05, 0.1) is 5.56 Å². The van der Waals surface area contributed by atoms with Gasteiger partial charge in [-0.25, -0.2) is 0 Å². The van der Waals surface area contributed by atoms with E-state index in [1.165, 1.54) is 6.07 Å². The molecule has 3 nitrogen and oxygen atoms in total. The summed E-state index contributed by atoms with van der Waals surface area (Å²) in [6.45, 7) is 0.832. The maximum absolute atomic E-state index is 12.7. The molecule has 0 radical (unpaired) electrons. The van der Waals surface area contributed by atoms with E-state index in [0.717, 1.165) is 17.7 Å². The minimum Gasteiger partial charge on any atom is -0.385 e. The molecule has 134 valence electrons. The topological polar surface area (TPSA) is 33.3 Å². The average molecular weight is 389 g/mol. The van der Waals surface area contributed by atoms with Crippen LogP contribution in [-0.2, 0) is 19.1 Å². The van der Waals surface area contributed by atoms with Crippen molar-refractivity contribution in [1.29, 1.82) is 0 Å². The van der Waals surface area contributed by atoms with E-state index in [0.29, 0.717) is 35.9 Å². The molecule has 0 bridgehead atoms. The predicted octanol–water partition coefficient (Wildman–Crippen LogP) is 4.44. The van der Waals surface area contributed by atoms with Crippen molar-refractivity contribution in [2.75, 3.05) is 6.54 Å². The fourth-order valence-electron chi connectivity index (χ4n) is 2.19. The summed E-state index contributed by atoms with van der Waals surface area (Å²) in [5.74, 6) is 0.531. The molecule has 0 aliphatic heterocycles. The highest BCUT2D eigenvalue weighted by Crippen LogP contribution is 2.29. The molecule has 0 atom stereocenters. The molecule has 0 aliphatic rings. The first-order chi connectivity index (χ1) is 11.9. The van der Waals surface area contributed by atoms with Crippen LogP contribution in [0.3, 0.4) is 0 Å². The second-order valence-corrected chi connectivity index (χ2v) is 5.81. The van der Waals surface area contributed by atoms with Gasteiger partial charge in [0.1, 0.15) is 11.9 Å². The largest absolute Gasteiger partial charge is 0.416 e. The Hall–Kier alpha value is -1.99. The van der Waals surface area contributed by atoms with Gasteiger partial charge in [-0.3, -0.25) is 0 Å². The van der Waals surface area contributed by atoms with Crippen LogP contribution in [-0.4, -0.2) is 11.7 Å². The van der Waals surface area contributed by atoms with Crippen LogP contribution in [0.15, 0.2) is 48.5 Å². The van der Waals surface area contributed by atoms with E-state index in [-0.39, 0.29) is 0 Å². The zero-order valence-electron chi connectivity index (χ0n) is 13.1. The van der Waals surface area contributed by atoms with Crippen LogP contribution in [0.25, 0.3) is 0 Å². The fraction of sp³-hybridized carbons (Fsp3) is 0.235. The van der Waals surface area contributed by atoms with Gasteiger partial charge in [-0.2, -0.15) is 13.2 Å². The van der Waals surface area contributed by atoms with Gasteiger partial charge in [0.15, 0.2) is 10.9 Å². The minimum absolute atomic E-state index is 0.399. The first-order valence-corrected chi connectivity index (χ1v) is 8.16. The van der Waals surface area contributed by atoms with Crippen LogP contribution >= 0.6 is 24.1 Å². The normalized spacial score (nSPS) is 11.0. The third-order valence-corrected chi connectivity index (χ3v) is 3.90. The summed E-state index contributed by atoms with van der Waals surface area (Å²) in [6.07, 6.45) is -3.91. The van der Waals surface area contributed by atoms with Crippen LogP contribution in [0.2, 0.25) is 0 Å². The molecule has 2 rings (SSSR count). The van der Waals surface area contributed by atoms with E-state index < -0.39 is 11.7 Å². The van der Waals surface area contributed by atoms with Crippen LogP contribution in [0, 0.1) is 0 Å². The molecule has 0 spiro atoms. The molecule has 0 amide bonds. The lowest BCUT2D eigenvalue weighted by atomic mass is 10.1. The molecule has 2 aromatic rings. The van der Waals surface area contributed by atoms with E-state index in [1.807, 2.05) is 12.1 Å². The van der Waals surface area contributed by atoms with Gasteiger partial charge in [0, 0.05) is 18.7 Å². The first kappa shape index (κ1) is 19.3. The monoisotopic (exact) mass is 388 g/mol. The van der Waals surface area contributed by atoms with Crippen molar-refractivity contribution in [1.82, 2.24) is 10.6 Å². The van der Waals surface area contributed by atoms with Crippen molar-refractivity contribution in [3.63, 3.8) is 0 Å². The van der Waals surface area contributed by atoms with Crippen molar-refractivity contribution in [3.8, 4) is 5.75 Å². The van der Waals surface area contributed by atoms with Gasteiger partial charge < -0.3 is 14.9 Å². The van der Waals surface area contributed by atoms with Crippen LogP contribution in [0.1, 0.15) is 16.7 Å². The SMILES string of the molecule is FC(F)(F)c1cccc(CCNC(=S)NCc2ccccc2OCl)c1. The molecule has 2 N–H and O–H groups in total. The van der Waals surface area contributed by atoms with E-state index in [4.69, 9.17) is 28.4 Å². The fourth-order valence-corrected chi connectivity index (χ4v) is 2.51. The van der Waals surface area contributed by atoms with Crippen molar-refractivity contribution < 1.29 is 17.5 Å². The summed E-state index contributed by atoms with van der Waals surface area (Å²) in [4.78, 5) is 0. The van der Waals surface area contributed by atoms with Crippen LogP contribution in [0.5, 0.6) is 5.75 Å². The Morgan fingerprint density at radius 2 is 1.84 bits per heavy atom. The molecule has 0 fully saturated rings. The molecule has 25 heavy (non-hydrogen) atoms. The lowest BCUT2D eigenvalue weighted by molar-refractivity contribution is -0.137. The summed E-state index contributed by atoms with van der Waals surface area (Å²) in [5, 5.41) is 6.36. The van der Waals surface area contributed by atoms with Crippen molar-refractivity contribution in [3.05, 3.63) is 65.2 Å². The maximum Gasteiger partial charge on any atom is 0.416 e. The number of halogens is 4. The number of rotatable bonds is 6. The van der Waals surface area contributed by atoms with E-state index >= 15 is 0 Å². The third-order valence-electron chi connectivity index (χ3n) is 3.45. The summed E-state index contributed by atoms with van der Waals surface area (Å²) >= 11 is 10.5. The Morgan fingerprint density at radius 3 is 2.56 bits per heavy atom. The molecular weight excluding hydrogens is 373 g/mol. The smallest absolute Gasteiger partial charge is 0.385 e. The highest BCUT2D eigenvalue weighted by Gasteiger charge is 2.30. The standard InChI is InChI=1S/C17H16ClF3N2OS/c18-24-15-7-2-1-5-13(15)11-23-16(25)22-9-8-12-4-3-6-14(10-12)17(19,20)21/h1-7,10H,8-9,11H2,(H2,22,23,25). The number of alkyl halides is 3. The number of hydrogen-bond donors (Lipinski definition) is 2. The average Bonchev–Trinajstić information content (AvgIpc) is 2.59. The first-order valence-electron chi connectivity index (χ1n) is 7.44. The van der Waals surface area contributed by atoms with Gasteiger partial charge in [-0.1, -0.05) is 36.4 Å². The number of thiocarbonyl (C=S) groups is 1. The quantitative estimate of drug-likeness (QED) is 0.716. The van der Waals surface area contributed by atoms with Gasteiger partial charge in [-0.15, -0.1) is 0 Å². The number of hydrogen-bond acceptors (Lipinski definition) is 2. The van der Waals surface area contributed by atoms with E-state index in [2.05, 4.69) is 10.6 Å². The van der Waals surface area contributed by atoms with E-state index in [9.17, 15) is 13.2 Å². The third kappa shape index (κ3) is 6.10. The van der Waals surface area contributed by atoms with E-state index in [1.54, 1.807) is 18.2 Å². The van der Waals surface area contributed by atoms with Gasteiger partial charge in [0.25, 0.3) is 0 Å². The van der Waals surface area contributed by atoms with Crippen LogP contribution in [0.4, 0.5) is 13.2 Å². The van der Waals surface area contributed by atoms with Gasteiger partial charge in [-0.05, 0) is 36.3 Å². The van der Waals surface area contributed by atoms with Crippen molar-refractivity contribution in [2.45, 2.75) is 19.1 Å². The second kappa shape index (κ2) is 8.92. The Balaban J connectivity index is 1.79. The molecular formula is C17H16ClF3N2OS. The zero-order valence-corrected chi connectivity index (χ0v) is 14.6. The highest BCUT2D eigenvalue weighted by atomic mass is 35.5. The molecule has 0 heterocycles. The molecule has 0 unspecified atom stereocenters. The zero-order chi connectivity index (χ0) is 18.3. The van der Waals surface area contributed by atoms with Crippen molar-refractivity contribution >= 4 is 29.2 Å². The number of para-hydroxylation sites is 1. The Morgan fingerprint density at radius 1 is 1.08 bits per heavy atom. The van der Waals surface area contributed by atoms with Gasteiger partial charge in [0.2, 0.25) is 0 Å². The Bertz CT molecular complexity index is 725.